The molecule has 4 atom stereocenters. The van der Waals surface area contributed by atoms with E-state index in [-0.39, 0.29) is 35.3 Å². The molecule has 13 aliphatic carbocycles. The van der Waals surface area contributed by atoms with Crippen molar-refractivity contribution in [3.8, 4) is 0 Å². The molecule has 0 radical (unpaired) electrons. The molecule has 4 unspecified atom stereocenters. The zero-order valence-electron chi connectivity index (χ0n) is 51.8. The Morgan fingerprint density at radius 1 is 0.471 bits per heavy atom. The lowest BCUT2D eigenvalue weighted by Crippen LogP contribution is -2.60. The van der Waals surface area contributed by atoms with Crippen molar-refractivity contribution >= 4 is 17.7 Å². The van der Waals surface area contributed by atoms with Crippen molar-refractivity contribution in [2.45, 2.75) is 262 Å². The summed E-state index contributed by atoms with van der Waals surface area (Å²) in [4.78, 5) is 40.1. The summed E-state index contributed by atoms with van der Waals surface area (Å²) in [5.41, 5.74) is 12.4. The van der Waals surface area contributed by atoms with Crippen LogP contribution in [0, 0.1) is 47.3 Å². The van der Waals surface area contributed by atoms with Gasteiger partial charge < -0.3 is 16.0 Å². The van der Waals surface area contributed by atoms with E-state index in [1.54, 1.807) is 0 Å². The number of hydrogen-bond acceptors (Lipinski definition) is 6. The molecule has 13 aliphatic rings. The average molecular weight is 1150 g/mol. The summed E-state index contributed by atoms with van der Waals surface area (Å²) in [6, 6.07) is 22.6. The first kappa shape index (κ1) is 57.2. The van der Waals surface area contributed by atoms with Gasteiger partial charge in [0.15, 0.2) is 17.1 Å². The average Bonchev–Trinajstić information content (AvgIpc) is 2.44. The van der Waals surface area contributed by atoms with Crippen molar-refractivity contribution < 1.29 is 14.4 Å². The summed E-state index contributed by atoms with van der Waals surface area (Å²) in [6.45, 7) is 6.69. The lowest BCUT2D eigenvalue weighted by atomic mass is 9.53. The van der Waals surface area contributed by atoms with Crippen LogP contribution in [-0.4, -0.2) is 64.7 Å². The molecule has 12 nitrogen and oxygen atoms in total. The maximum absolute atomic E-state index is 13.6. The molecular weight excluding hydrogens is 1050 g/mol. The third kappa shape index (κ3) is 11.7. The van der Waals surface area contributed by atoms with E-state index in [1.165, 1.54) is 193 Å². The van der Waals surface area contributed by atoms with E-state index in [1.807, 2.05) is 0 Å². The Hall–Kier alpha value is -5.52. The maximum atomic E-state index is 13.6. The number of nitrogens with zero attached hydrogens (tertiary/aromatic N) is 6. The molecular formula is C73H99N9O3. The zero-order chi connectivity index (χ0) is 57.8. The van der Waals surface area contributed by atoms with Crippen molar-refractivity contribution in [2.75, 3.05) is 0 Å². The van der Waals surface area contributed by atoms with Crippen LogP contribution < -0.4 is 16.0 Å². The van der Waals surface area contributed by atoms with Crippen LogP contribution in [-0.2, 0) is 38.5 Å². The lowest BCUT2D eigenvalue weighted by molar-refractivity contribution is -0.0168. The molecule has 0 aliphatic heterocycles. The number of hydrogen-bond donors (Lipinski definition) is 3. The van der Waals surface area contributed by atoms with Crippen LogP contribution in [0.4, 0.5) is 0 Å². The number of benzene rings is 2. The minimum absolute atomic E-state index is 0.0439. The molecule has 3 aromatic heterocycles. The van der Waals surface area contributed by atoms with Crippen LogP contribution in [0.15, 0.2) is 60.7 Å². The summed E-state index contributed by atoms with van der Waals surface area (Å²) in [6.07, 6.45) is 39.2. The topological polar surface area (TPSA) is 141 Å². The minimum Gasteiger partial charge on any atom is -0.348 e. The molecule has 3 amide bonds. The normalized spacial score (nSPS) is 31.2. The predicted octanol–water partition coefficient (Wildman–Crippen LogP) is 14.6. The molecule has 12 heteroatoms. The van der Waals surface area contributed by atoms with Crippen molar-refractivity contribution in [1.29, 1.82) is 0 Å². The summed E-state index contributed by atoms with van der Waals surface area (Å²) in [7, 11) is 0. The van der Waals surface area contributed by atoms with Crippen molar-refractivity contribution in [1.82, 2.24) is 45.3 Å². The molecule has 18 rings (SSSR count). The molecule has 5 aromatic rings. The second kappa shape index (κ2) is 24.6. The van der Waals surface area contributed by atoms with Gasteiger partial charge in [-0.15, -0.1) is 0 Å². The summed E-state index contributed by atoms with van der Waals surface area (Å²) in [5.74, 6) is 6.62. The van der Waals surface area contributed by atoms with Gasteiger partial charge in [-0.1, -0.05) is 99.7 Å². The Bertz CT molecular complexity index is 3120. The Kier molecular flexibility index (Phi) is 16.5. The van der Waals surface area contributed by atoms with Gasteiger partial charge >= 0.3 is 0 Å². The van der Waals surface area contributed by atoms with Gasteiger partial charge in [0, 0.05) is 51.4 Å². The summed E-state index contributed by atoms with van der Waals surface area (Å²) in [5, 5.41) is 25.2. The summed E-state index contributed by atoms with van der Waals surface area (Å²) < 4.78 is 6.57. The number of fused-ring (bicyclic) bond motifs is 3. The first-order valence-corrected chi connectivity index (χ1v) is 34.9. The number of carbonyl (C=O) groups is 3. The number of amides is 3. The molecule has 0 saturated heterocycles. The van der Waals surface area contributed by atoms with Gasteiger partial charge in [-0.3, -0.25) is 28.4 Å². The van der Waals surface area contributed by atoms with E-state index in [4.69, 9.17) is 15.3 Å². The zero-order valence-corrected chi connectivity index (χ0v) is 51.8. The van der Waals surface area contributed by atoms with E-state index in [2.05, 4.69) is 111 Å². The molecule has 0 spiro atoms. The first-order valence-electron chi connectivity index (χ1n) is 34.9. The third-order valence-corrected chi connectivity index (χ3v) is 23.9. The highest BCUT2D eigenvalue weighted by atomic mass is 16.2. The fourth-order valence-electron chi connectivity index (χ4n) is 20.2. The van der Waals surface area contributed by atoms with Crippen LogP contribution >= 0.6 is 0 Å². The molecule has 3 N–H and O–H groups in total. The number of carbonyl (C=O) groups excluding carboxylic acids is 3. The van der Waals surface area contributed by atoms with Crippen LogP contribution in [0.5, 0.6) is 0 Å². The highest BCUT2D eigenvalue weighted by molar-refractivity contribution is 5.95. The van der Waals surface area contributed by atoms with Gasteiger partial charge in [-0.2, -0.15) is 15.3 Å². The molecule has 10 saturated carbocycles. The fourth-order valence-corrected chi connectivity index (χ4v) is 20.2. The van der Waals surface area contributed by atoms with E-state index < -0.39 is 0 Å². The predicted molar refractivity (Wildman–Crippen MR) is 335 cm³/mol. The van der Waals surface area contributed by atoms with Gasteiger partial charge in [-0.05, 0) is 246 Å². The number of rotatable bonds is 11. The van der Waals surface area contributed by atoms with Crippen molar-refractivity contribution in [2.24, 2.45) is 47.3 Å². The third-order valence-electron chi connectivity index (χ3n) is 23.9. The van der Waals surface area contributed by atoms with Crippen molar-refractivity contribution in [3.05, 3.63) is 123 Å². The van der Waals surface area contributed by atoms with Crippen LogP contribution in [0.1, 0.15) is 282 Å². The molecule has 3 heterocycles. The highest BCUT2D eigenvalue weighted by Crippen LogP contribution is 2.56. The second-order valence-corrected chi connectivity index (χ2v) is 29.7. The Morgan fingerprint density at radius 2 is 0.906 bits per heavy atom. The largest absolute Gasteiger partial charge is 0.348 e. The van der Waals surface area contributed by atoms with Crippen LogP contribution in [0.25, 0.3) is 0 Å². The first-order chi connectivity index (χ1) is 41.5. The quantitative estimate of drug-likeness (QED) is 0.120. The number of nitrogens with one attached hydrogen (secondary N) is 3. The summed E-state index contributed by atoms with van der Waals surface area (Å²) >= 11 is 0. The Morgan fingerprint density at radius 3 is 1.44 bits per heavy atom. The highest BCUT2D eigenvalue weighted by Gasteiger charge is 2.52. The standard InChI is InChI=1S/2C26H33N3O.C21H33N3O/c1-17(21-7-3-2-4-8-21)29-23-10-6-5-9-22(23)24(28-29)25(30)27-26-14-18-11-19(15-26)13-20(12-18)16-26;1-16(19-7-3-2-4-8-19)29-23-10-6-5-9-22(23)25(28-29)26(30)27-24-20-12-17-11-18(14-20)15-21(24)13-17;1-15-9-5-7-13-18(15)22-21(25)20-17-12-6-8-14-19(17)24(23-20)16-10-3-2-4-11-16/h2-4,7-8,17-20H,5-6,9-16H2,1H3,(H,27,30);2-4,7-8,16-18,20-21,24H,5-6,9-15H2,1H3,(H,27,30);15-16,18H,2-14H2,1H3,(H,22,25). The fraction of sp³-hybridized carbons (Fsp3) is 0.671. The smallest absolute Gasteiger partial charge is 0.272 e. The van der Waals surface area contributed by atoms with Crippen LogP contribution in [0.3, 0.4) is 0 Å². The molecule has 85 heavy (non-hydrogen) atoms. The number of aromatic nitrogens is 6. The Labute approximate surface area is 507 Å². The molecule has 8 bridgehead atoms. The van der Waals surface area contributed by atoms with Crippen LogP contribution in [0.2, 0.25) is 0 Å². The van der Waals surface area contributed by atoms with E-state index in [0.29, 0.717) is 47.3 Å². The molecule has 2 aromatic carbocycles. The van der Waals surface area contributed by atoms with Gasteiger partial charge in [0.1, 0.15) is 0 Å². The van der Waals surface area contributed by atoms with E-state index >= 15 is 0 Å². The van der Waals surface area contributed by atoms with Gasteiger partial charge in [0.2, 0.25) is 0 Å². The molecule has 454 valence electrons. The van der Waals surface area contributed by atoms with E-state index in [9.17, 15) is 14.4 Å². The Balaban J connectivity index is 0.000000114. The van der Waals surface area contributed by atoms with Gasteiger partial charge in [-0.25, -0.2) is 0 Å². The monoisotopic (exact) mass is 1150 g/mol. The maximum Gasteiger partial charge on any atom is 0.272 e. The minimum atomic E-state index is 0.0439. The SMILES string of the molecule is CC(c1ccccc1)n1nc(C(=O)NC23CC4CC(CC(C4)C2)C3)c2c1CCCC2.CC(c1ccccc1)n1nc(C(=O)NC2C3CC4CC(C3)CC2C4)c2c1CCCC2.CC1CCCCC1NC(=O)c1nn(C2CCCCC2)c2c1CCCC2. The van der Waals surface area contributed by atoms with Gasteiger partial charge in [0.25, 0.3) is 17.7 Å². The van der Waals surface area contributed by atoms with E-state index in [0.717, 1.165) is 93.1 Å². The van der Waals surface area contributed by atoms with Gasteiger partial charge in [0.05, 0.1) is 18.1 Å². The molecule has 10 fully saturated rings. The second-order valence-electron chi connectivity index (χ2n) is 29.7. The van der Waals surface area contributed by atoms with Crippen molar-refractivity contribution in [3.63, 3.8) is 0 Å². The lowest BCUT2D eigenvalue weighted by Gasteiger charge is -2.56.